The van der Waals surface area contributed by atoms with Crippen molar-refractivity contribution in [2.24, 2.45) is 5.92 Å². The van der Waals surface area contributed by atoms with Crippen LogP contribution in [0.3, 0.4) is 0 Å². The van der Waals surface area contributed by atoms with E-state index in [0.717, 1.165) is 5.56 Å². The first-order valence-corrected chi connectivity index (χ1v) is 8.44. The van der Waals surface area contributed by atoms with Crippen molar-refractivity contribution in [1.82, 2.24) is 15.1 Å². The number of carbonyl (C=O) groups is 2. The third-order valence-corrected chi connectivity index (χ3v) is 4.74. The molecule has 2 rings (SSSR count). The number of carbonyl (C=O) groups excluding carboxylic acids is 1. The van der Waals surface area contributed by atoms with E-state index in [-0.39, 0.29) is 18.6 Å². The van der Waals surface area contributed by atoms with E-state index < -0.39 is 11.9 Å². The number of likely N-dealkylation sites (N-methyl/N-ethyl adjacent to an activating group) is 1. The van der Waals surface area contributed by atoms with Gasteiger partial charge in [0.15, 0.2) is 0 Å². The molecule has 0 bridgehead atoms. The van der Waals surface area contributed by atoms with Crippen molar-refractivity contribution in [3.8, 4) is 0 Å². The van der Waals surface area contributed by atoms with Gasteiger partial charge < -0.3 is 20.2 Å². The Morgan fingerprint density at radius 3 is 2.75 bits per heavy atom. The number of likely N-dealkylation sites (tertiary alicyclic amines) is 1. The molecule has 0 saturated carbocycles. The summed E-state index contributed by atoms with van der Waals surface area (Å²) in [5, 5.41) is 12.7. The lowest BCUT2D eigenvalue weighted by atomic mass is 9.99. The quantitative estimate of drug-likeness (QED) is 0.852. The van der Waals surface area contributed by atoms with Gasteiger partial charge in [-0.15, -0.1) is 0 Å². The van der Waals surface area contributed by atoms with Gasteiger partial charge >= 0.3 is 12.0 Å². The molecule has 1 saturated heterocycles. The Labute approximate surface area is 147 Å². The maximum Gasteiger partial charge on any atom is 0.317 e. The number of carboxylic acids is 1. The summed E-state index contributed by atoms with van der Waals surface area (Å²) in [5.74, 6) is -1.31. The van der Waals surface area contributed by atoms with Crippen molar-refractivity contribution in [3.05, 3.63) is 34.9 Å². The molecule has 1 heterocycles. The molecule has 1 fully saturated rings. The summed E-state index contributed by atoms with van der Waals surface area (Å²) in [4.78, 5) is 27.1. The van der Waals surface area contributed by atoms with Gasteiger partial charge in [-0.05, 0) is 38.6 Å². The SMILES string of the molecule is CN(C)C(CNC(=O)N1CCCC(C(=O)O)C1)c1ccccc1Cl. The van der Waals surface area contributed by atoms with Crippen LogP contribution in [-0.2, 0) is 4.79 Å². The van der Waals surface area contributed by atoms with Crippen molar-refractivity contribution in [3.63, 3.8) is 0 Å². The molecule has 7 heteroatoms. The fourth-order valence-corrected chi connectivity index (χ4v) is 3.24. The Bertz CT molecular complexity index is 594. The summed E-state index contributed by atoms with van der Waals surface area (Å²) in [6.07, 6.45) is 1.34. The lowest BCUT2D eigenvalue weighted by Crippen LogP contribution is -2.48. The molecule has 2 unspecified atom stereocenters. The second-order valence-electron chi connectivity index (χ2n) is 6.31. The average molecular weight is 354 g/mol. The molecular weight excluding hydrogens is 330 g/mol. The molecule has 1 aromatic rings. The van der Waals surface area contributed by atoms with Gasteiger partial charge in [-0.25, -0.2) is 4.79 Å². The largest absolute Gasteiger partial charge is 0.481 e. The van der Waals surface area contributed by atoms with Crippen LogP contribution in [0.25, 0.3) is 0 Å². The topological polar surface area (TPSA) is 72.9 Å². The predicted octanol–water partition coefficient (Wildman–Crippen LogP) is 2.45. The molecule has 6 nitrogen and oxygen atoms in total. The van der Waals surface area contributed by atoms with Crippen LogP contribution in [0.1, 0.15) is 24.4 Å². The molecule has 2 atom stereocenters. The van der Waals surface area contributed by atoms with E-state index in [9.17, 15) is 9.59 Å². The van der Waals surface area contributed by atoms with E-state index in [1.165, 1.54) is 0 Å². The third-order valence-electron chi connectivity index (χ3n) is 4.39. The number of amides is 2. The molecule has 2 N–H and O–H groups in total. The van der Waals surface area contributed by atoms with E-state index in [1.54, 1.807) is 4.90 Å². The number of benzene rings is 1. The van der Waals surface area contributed by atoms with Gasteiger partial charge in [0.1, 0.15) is 0 Å². The fourth-order valence-electron chi connectivity index (χ4n) is 2.98. The van der Waals surface area contributed by atoms with E-state index in [0.29, 0.717) is 31.0 Å². The summed E-state index contributed by atoms with van der Waals surface area (Å²) in [6.45, 7) is 1.26. The molecule has 0 aromatic heterocycles. The van der Waals surface area contributed by atoms with Crippen molar-refractivity contribution >= 4 is 23.6 Å². The Kier molecular flexibility index (Phi) is 6.45. The summed E-state index contributed by atoms with van der Waals surface area (Å²) in [6, 6.07) is 7.29. The zero-order valence-electron chi connectivity index (χ0n) is 14.0. The minimum absolute atomic E-state index is 0.0530. The van der Waals surface area contributed by atoms with E-state index in [1.807, 2.05) is 43.3 Å². The zero-order chi connectivity index (χ0) is 17.7. The van der Waals surface area contributed by atoms with Crippen LogP contribution < -0.4 is 5.32 Å². The van der Waals surface area contributed by atoms with Crippen LogP contribution in [0.4, 0.5) is 4.79 Å². The number of nitrogens with one attached hydrogen (secondary N) is 1. The highest BCUT2D eigenvalue weighted by molar-refractivity contribution is 6.31. The number of carboxylic acid groups (broad SMARTS) is 1. The van der Waals surface area contributed by atoms with Crippen LogP contribution in [0.15, 0.2) is 24.3 Å². The van der Waals surface area contributed by atoms with Gasteiger partial charge in [-0.2, -0.15) is 0 Å². The standard InChI is InChI=1S/C17H24ClN3O3/c1-20(2)15(13-7-3-4-8-14(13)18)10-19-17(24)21-9-5-6-12(11-21)16(22)23/h3-4,7-8,12,15H,5-6,9-11H2,1-2H3,(H,19,24)(H,22,23). The first kappa shape index (κ1) is 18.5. The molecule has 1 aromatic carbocycles. The summed E-state index contributed by atoms with van der Waals surface area (Å²) in [5.41, 5.74) is 0.950. The molecule has 132 valence electrons. The number of hydrogen-bond acceptors (Lipinski definition) is 3. The molecule has 1 aliphatic heterocycles. The average Bonchev–Trinajstić information content (AvgIpc) is 2.56. The first-order valence-electron chi connectivity index (χ1n) is 8.06. The highest BCUT2D eigenvalue weighted by Gasteiger charge is 2.28. The second-order valence-corrected chi connectivity index (χ2v) is 6.72. The van der Waals surface area contributed by atoms with Crippen molar-refractivity contribution < 1.29 is 14.7 Å². The molecular formula is C17H24ClN3O3. The smallest absolute Gasteiger partial charge is 0.317 e. The number of halogens is 1. The van der Waals surface area contributed by atoms with Crippen molar-refractivity contribution in [2.45, 2.75) is 18.9 Å². The number of piperidine rings is 1. The summed E-state index contributed by atoms with van der Waals surface area (Å²) in [7, 11) is 3.86. The van der Waals surface area contributed by atoms with E-state index in [2.05, 4.69) is 5.32 Å². The minimum Gasteiger partial charge on any atom is -0.481 e. The highest BCUT2D eigenvalue weighted by atomic mass is 35.5. The molecule has 0 radical (unpaired) electrons. The van der Waals surface area contributed by atoms with Crippen molar-refractivity contribution in [1.29, 1.82) is 0 Å². The van der Waals surface area contributed by atoms with Gasteiger partial charge in [0.05, 0.1) is 12.0 Å². The van der Waals surface area contributed by atoms with E-state index >= 15 is 0 Å². The van der Waals surface area contributed by atoms with Crippen molar-refractivity contribution in [2.75, 3.05) is 33.7 Å². The number of aliphatic carboxylic acids is 1. The van der Waals surface area contributed by atoms with Gasteiger partial charge in [0.2, 0.25) is 0 Å². The van der Waals surface area contributed by atoms with Gasteiger partial charge in [0.25, 0.3) is 0 Å². The van der Waals surface area contributed by atoms with Crippen LogP contribution in [0.2, 0.25) is 5.02 Å². The molecule has 2 amide bonds. The maximum atomic E-state index is 12.4. The van der Waals surface area contributed by atoms with Crippen LogP contribution in [-0.4, -0.2) is 60.6 Å². The Balaban J connectivity index is 1.98. The fraction of sp³-hybridized carbons (Fsp3) is 0.529. The van der Waals surface area contributed by atoms with Gasteiger partial charge in [0, 0.05) is 24.7 Å². The zero-order valence-corrected chi connectivity index (χ0v) is 14.8. The van der Waals surface area contributed by atoms with Crippen LogP contribution in [0, 0.1) is 5.92 Å². The highest BCUT2D eigenvalue weighted by Crippen LogP contribution is 2.25. The minimum atomic E-state index is -0.838. The number of urea groups is 1. The molecule has 24 heavy (non-hydrogen) atoms. The Morgan fingerprint density at radius 2 is 2.12 bits per heavy atom. The third kappa shape index (κ3) is 4.61. The second kappa shape index (κ2) is 8.35. The maximum absolute atomic E-state index is 12.4. The van der Waals surface area contributed by atoms with Gasteiger partial charge in [-0.1, -0.05) is 29.8 Å². The van der Waals surface area contributed by atoms with Crippen LogP contribution >= 0.6 is 11.6 Å². The number of hydrogen-bond donors (Lipinski definition) is 2. The Morgan fingerprint density at radius 1 is 1.42 bits per heavy atom. The van der Waals surface area contributed by atoms with Gasteiger partial charge in [-0.3, -0.25) is 4.79 Å². The predicted molar refractivity (Wildman–Crippen MR) is 93.2 cm³/mol. The van der Waals surface area contributed by atoms with E-state index in [4.69, 9.17) is 16.7 Å². The monoisotopic (exact) mass is 353 g/mol. The Hall–Kier alpha value is -1.79. The molecule has 0 spiro atoms. The molecule has 1 aliphatic rings. The molecule has 0 aliphatic carbocycles. The lowest BCUT2D eigenvalue weighted by Gasteiger charge is -2.32. The summed E-state index contributed by atoms with van der Waals surface area (Å²) >= 11 is 6.27. The normalized spacial score (nSPS) is 19.2. The number of nitrogens with zero attached hydrogens (tertiary/aromatic N) is 2. The lowest BCUT2D eigenvalue weighted by molar-refractivity contribution is -0.143. The van der Waals surface area contributed by atoms with Crippen LogP contribution in [0.5, 0.6) is 0 Å². The first-order chi connectivity index (χ1) is 11.4. The summed E-state index contributed by atoms with van der Waals surface area (Å²) < 4.78 is 0. The number of rotatable bonds is 5.